The van der Waals surface area contributed by atoms with Crippen LogP contribution in [0.25, 0.3) is 12.2 Å². The zero-order valence-electron chi connectivity index (χ0n) is 17.0. The van der Waals surface area contributed by atoms with E-state index in [2.05, 4.69) is 47.2 Å². The van der Waals surface area contributed by atoms with Gasteiger partial charge in [0.2, 0.25) is 10.0 Å². The first-order chi connectivity index (χ1) is 15.0. The van der Waals surface area contributed by atoms with Crippen LogP contribution in [0.3, 0.4) is 0 Å². The molecule has 0 spiro atoms. The normalized spacial score (nSPS) is 23.1. The van der Waals surface area contributed by atoms with E-state index in [-0.39, 0.29) is 6.04 Å². The summed E-state index contributed by atoms with van der Waals surface area (Å²) in [5.41, 5.74) is 5.07. The zero-order valence-corrected chi connectivity index (χ0v) is 19.4. The Morgan fingerprint density at radius 1 is 0.871 bits per heavy atom. The summed E-state index contributed by atoms with van der Waals surface area (Å²) in [6.07, 6.45) is 8.25. The number of fused-ring (bicyclic) bond motifs is 3. The minimum Gasteiger partial charge on any atom is -0.207 e. The van der Waals surface area contributed by atoms with Crippen LogP contribution >= 0.6 is 22.9 Å². The molecule has 1 saturated carbocycles. The van der Waals surface area contributed by atoms with Crippen molar-refractivity contribution in [2.45, 2.75) is 35.9 Å². The average molecular weight is 470 g/mol. The molecule has 0 saturated heterocycles. The van der Waals surface area contributed by atoms with Gasteiger partial charge in [-0.3, -0.25) is 0 Å². The fourth-order valence-electron chi connectivity index (χ4n) is 4.96. The van der Waals surface area contributed by atoms with Crippen molar-refractivity contribution in [1.29, 1.82) is 0 Å². The monoisotopic (exact) mass is 469 g/mol. The molecule has 3 aromatic rings. The van der Waals surface area contributed by atoms with Gasteiger partial charge in [-0.15, -0.1) is 11.3 Å². The molecule has 31 heavy (non-hydrogen) atoms. The number of nitrogens with one attached hydrogen (secondary N) is 1. The lowest BCUT2D eigenvalue weighted by Crippen LogP contribution is -2.41. The van der Waals surface area contributed by atoms with E-state index in [1.54, 1.807) is 12.1 Å². The Bertz CT molecular complexity index is 1220. The fraction of sp³-hybridized carbons (Fsp3) is 0.280. The standard InChI is InChI=1S/C25H24ClNO2S2/c26-23-12-13-24(30-23)31(28,29)27-25-20-10-11-21(25)16-22-14-18(8-9-19(22)15-20)7-6-17-4-2-1-3-5-17/h1-9,12-14,20-21,25,27H,10-11,15-16H2/b7-6+. The lowest BCUT2D eigenvalue weighted by Gasteiger charge is -2.23. The van der Waals surface area contributed by atoms with E-state index in [0.29, 0.717) is 20.4 Å². The van der Waals surface area contributed by atoms with Gasteiger partial charge in [-0.1, -0.05) is 72.3 Å². The molecule has 2 aromatic carbocycles. The van der Waals surface area contributed by atoms with E-state index in [1.165, 1.54) is 22.3 Å². The van der Waals surface area contributed by atoms with Crippen molar-refractivity contribution in [2.75, 3.05) is 0 Å². The summed E-state index contributed by atoms with van der Waals surface area (Å²) in [4.78, 5) is 0. The summed E-state index contributed by atoms with van der Waals surface area (Å²) >= 11 is 7.08. The van der Waals surface area contributed by atoms with E-state index >= 15 is 0 Å². The molecule has 3 unspecified atom stereocenters. The number of rotatable bonds is 5. The van der Waals surface area contributed by atoms with Gasteiger partial charge in [0.05, 0.1) is 4.34 Å². The van der Waals surface area contributed by atoms with Gasteiger partial charge in [-0.2, -0.15) is 0 Å². The zero-order chi connectivity index (χ0) is 21.4. The number of hydrogen-bond donors (Lipinski definition) is 1. The third-order valence-electron chi connectivity index (χ3n) is 6.49. The summed E-state index contributed by atoms with van der Waals surface area (Å²) in [6, 6.07) is 20.2. The van der Waals surface area contributed by atoms with E-state index in [1.807, 2.05) is 18.2 Å². The van der Waals surface area contributed by atoms with E-state index in [9.17, 15) is 8.42 Å². The van der Waals surface area contributed by atoms with Gasteiger partial charge >= 0.3 is 0 Å². The Hall–Kier alpha value is -1.92. The second-order valence-electron chi connectivity index (χ2n) is 8.48. The smallest absolute Gasteiger partial charge is 0.207 e. The van der Waals surface area contributed by atoms with E-state index < -0.39 is 10.0 Å². The van der Waals surface area contributed by atoms with E-state index in [4.69, 9.17) is 11.6 Å². The van der Waals surface area contributed by atoms with Crippen LogP contribution in [0.15, 0.2) is 64.9 Å². The highest BCUT2D eigenvalue weighted by Crippen LogP contribution is 2.41. The molecule has 2 aliphatic rings. The molecule has 3 atom stereocenters. The van der Waals surface area contributed by atoms with Crippen LogP contribution in [-0.2, 0) is 22.9 Å². The number of hydrogen-bond acceptors (Lipinski definition) is 3. The van der Waals surface area contributed by atoms with Gasteiger partial charge < -0.3 is 0 Å². The Kier molecular flexibility index (Phi) is 5.78. The van der Waals surface area contributed by atoms with Crippen LogP contribution in [0.1, 0.15) is 35.1 Å². The predicted octanol–water partition coefficient (Wildman–Crippen LogP) is 6.04. The van der Waals surface area contributed by atoms with Gasteiger partial charge in [-0.05, 0) is 71.9 Å². The van der Waals surface area contributed by atoms with Gasteiger partial charge in [-0.25, -0.2) is 13.1 Å². The fourth-order valence-corrected chi connectivity index (χ4v) is 7.84. The van der Waals surface area contributed by atoms with Gasteiger partial charge in [0.15, 0.2) is 0 Å². The summed E-state index contributed by atoms with van der Waals surface area (Å²) < 4.78 is 29.7. The molecule has 1 heterocycles. The largest absolute Gasteiger partial charge is 0.250 e. The van der Waals surface area contributed by atoms with Crippen molar-refractivity contribution in [1.82, 2.24) is 4.72 Å². The average Bonchev–Trinajstić information content (AvgIpc) is 3.31. The molecular formula is C25H24ClNO2S2. The number of benzene rings is 2. The van der Waals surface area contributed by atoms with Crippen molar-refractivity contribution >= 4 is 45.1 Å². The topological polar surface area (TPSA) is 46.2 Å². The SMILES string of the molecule is O=S(=O)(NC1C2CCC1Cc1cc(/C=C/c3ccccc3)ccc1C2)c1ccc(Cl)s1. The Morgan fingerprint density at radius 3 is 2.29 bits per heavy atom. The van der Waals surface area contributed by atoms with Crippen molar-refractivity contribution in [2.24, 2.45) is 11.8 Å². The lowest BCUT2D eigenvalue weighted by molar-refractivity contribution is 0.386. The summed E-state index contributed by atoms with van der Waals surface area (Å²) in [5, 5.41) is 0. The molecule has 2 aliphatic carbocycles. The predicted molar refractivity (Wildman–Crippen MR) is 129 cm³/mol. The van der Waals surface area contributed by atoms with Crippen LogP contribution < -0.4 is 4.72 Å². The molecule has 5 rings (SSSR count). The van der Waals surface area contributed by atoms with Crippen molar-refractivity contribution in [3.05, 3.63) is 87.3 Å². The van der Waals surface area contributed by atoms with Gasteiger partial charge in [0.25, 0.3) is 0 Å². The molecule has 160 valence electrons. The molecule has 1 fully saturated rings. The third kappa shape index (κ3) is 4.51. The summed E-state index contributed by atoms with van der Waals surface area (Å²) in [5.74, 6) is 0.659. The Labute approximate surface area is 192 Å². The first-order valence-electron chi connectivity index (χ1n) is 10.6. The molecule has 1 N–H and O–H groups in total. The maximum Gasteiger partial charge on any atom is 0.250 e. The Morgan fingerprint density at radius 2 is 1.58 bits per heavy atom. The molecule has 0 radical (unpaired) electrons. The molecular weight excluding hydrogens is 446 g/mol. The minimum atomic E-state index is -3.54. The number of sulfonamides is 1. The Balaban J connectivity index is 1.36. The highest BCUT2D eigenvalue weighted by Gasteiger charge is 2.41. The van der Waals surface area contributed by atoms with Crippen molar-refractivity contribution in [3.63, 3.8) is 0 Å². The van der Waals surface area contributed by atoms with Crippen molar-refractivity contribution < 1.29 is 8.42 Å². The van der Waals surface area contributed by atoms with Crippen LogP contribution in [0.4, 0.5) is 0 Å². The highest BCUT2D eigenvalue weighted by atomic mass is 35.5. The third-order valence-corrected chi connectivity index (χ3v) is 9.67. The molecule has 0 aliphatic heterocycles. The first kappa shape index (κ1) is 21.0. The van der Waals surface area contributed by atoms with Crippen LogP contribution in [0.2, 0.25) is 4.34 Å². The molecule has 6 heteroatoms. The molecule has 3 nitrogen and oxygen atoms in total. The van der Waals surface area contributed by atoms with Crippen LogP contribution in [0.5, 0.6) is 0 Å². The minimum absolute atomic E-state index is 0.0263. The summed E-state index contributed by atoms with van der Waals surface area (Å²) in [6.45, 7) is 0. The lowest BCUT2D eigenvalue weighted by atomic mass is 9.92. The molecule has 1 aromatic heterocycles. The van der Waals surface area contributed by atoms with Crippen LogP contribution in [0, 0.1) is 11.8 Å². The second kappa shape index (κ2) is 8.55. The number of halogens is 1. The van der Waals surface area contributed by atoms with Gasteiger partial charge in [0.1, 0.15) is 4.21 Å². The van der Waals surface area contributed by atoms with Crippen molar-refractivity contribution in [3.8, 4) is 0 Å². The quantitative estimate of drug-likeness (QED) is 0.463. The molecule has 0 amide bonds. The maximum absolute atomic E-state index is 12.9. The maximum atomic E-state index is 12.9. The molecule has 2 bridgehead atoms. The summed E-state index contributed by atoms with van der Waals surface area (Å²) in [7, 11) is -3.54. The van der Waals surface area contributed by atoms with Gasteiger partial charge in [0, 0.05) is 6.04 Å². The second-order valence-corrected chi connectivity index (χ2v) is 12.1. The first-order valence-corrected chi connectivity index (χ1v) is 13.3. The van der Waals surface area contributed by atoms with Crippen LogP contribution in [-0.4, -0.2) is 14.5 Å². The van der Waals surface area contributed by atoms with E-state index in [0.717, 1.165) is 37.0 Å². The highest BCUT2D eigenvalue weighted by molar-refractivity contribution is 7.91. The number of thiophene rings is 1.